The predicted octanol–water partition coefficient (Wildman–Crippen LogP) is 3.87. The molecule has 2 fully saturated rings. The lowest BCUT2D eigenvalue weighted by molar-refractivity contribution is -0.206. The first-order valence-electron chi connectivity index (χ1n) is 10.9. The Morgan fingerprint density at radius 3 is 2.52 bits per heavy atom. The number of nitrogens with zero attached hydrogens (tertiary/aromatic N) is 4. The number of amides is 1. The van der Waals surface area contributed by atoms with E-state index in [1.54, 1.807) is 17.9 Å². The van der Waals surface area contributed by atoms with Crippen molar-refractivity contribution in [1.82, 2.24) is 14.8 Å². The summed E-state index contributed by atoms with van der Waals surface area (Å²) in [5.41, 5.74) is 1.25. The molecule has 174 valence electrons. The van der Waals surface area contributed by atoms with Crippen LogP contribution in [-0.2, 0) is 4.74 Å². The second kappa shape index (κ2) is 9.12. The zero-order valence-corrected chi connectivity index (χ0v) is 18.3. The number of carbonyl (C=O) groups is 1. The first kappa shape index (κ1) is 23.2. The normalized spacial score (nSPS) is 21.1. The van der Waals surface area contributed by atoms with E-state index in [9.17, 15) is 18.0 Å². The van der Waals surface area contributed by atoms with Crippen LogP contribution in [0, 0.1) is 18.3 Å². The molecule has 0 aliphatic carbocycles. The number of pyridine rings is 1. The van der Waals surface area contributed by atoms with Gasteiger partial charge in [-0.05, 0) is 37.5 Å². The summed E-state index contributed by atoms with van der Waals surface area (Å²) in [6, 6.07) is 14.4. The lowest BCUT2D eigenvalue weighted by Crippen LogP contribution is -2.59. The van der Waals surface area contributed by atoms with Crippen molar-refractivity contribution in [3.8, 4) is 6.07 Å². The molecule has 0 saturated carbocycles. The van der Waals surface area contributed by atoms with Gasteiger partial charge in [0, 0.05) is 26.2 Å². The number of piperidine rings is 1. The van der Waals surface area contributed by atoms with Crippen LogP contribution in [0.5, 0.6) is 0 Å². The van der Waals surface area contributed by atoms with Gasteiger partial charge in [-0.2, -0.15) is 18.4 Å². The van der Waals surface area contributed by atoms with E-state index in [4.69, 9.17) is 10.00 Å². The molecule has 1 aromatic heterocycles. The van der Waals surface area contributed by atoms with Gasteiger partial charge in [-0.3, -0.25) is 9.69 Å². The van der Waals surface area contributed by atoms with E-state index < -0.39 is 24.4 Å². The average Bonchev–Trinajstić information content (AvgIpc) is 2.78. The Hall–Kier alpha value is -2.96. The minimum atomic E-state index is -4.30. The number of aryl methyl sites for hydroxylation is 1. The maximum absolute atomic E-state index is 13.2. The van der Waals surface area contributed by atoms with E-state index in [-0.39, 0.29) is 24.7 Å². The molecule has 1 amide bonds. The summed E-state index contributed by atoms with van der Waals surface area (Å²) < 4.78 is 46.0. The van der Waals surface area contributed by atoms with Crippen LogP contribution in [0.2, 0.25) is 0 Å². The number of carbonyl (C=O) groups excluding carboxylic acids is 1. The van der Waals surface area contributed by atoms with Crippen LogP contribution in [0.1, 0.15) is 46.3 Å². The van der Waals surface area contributed by atoms with Crippen molar-refractivity contribution in [2.75, 3.05) is 32.7 Å². The van der Waals surface area contributed by atoms with Crippen molar-refractivity contribution in [2.45, 2.75) is 37.6 Å². The van der Waals surface area contributed by atoms with Crippen molar-refractivity contribution in [1.29, 1.82) is 5.26 Å². The van der Waals surface area contributed by atoms with Crippen LogP contribution in [0.25, 0.3) is 0 Å². The summed E-state index contributed by atoms with van der Waals surface area (Å²) in [6.07, 6.45) is -3.89. The van der Waals surface area contributed by atoms with Crippen molar-refractivity contribution < 1.29 is 22.7 Å². The zero-order valence-electron chi connectivity index (χ0n) is 18.3. The molecule has 2 saturated heterocycles. The maximum atomic E-state index is 13.2. The van der Waals surface area contributed by atoms with Gasteiger partial charge in [0.25, 0.3) is 5.91 Å². The first-order valence-corrected chi connectivity index (χ1v) is 10.9. The third-order valence-electron chi connectivity index (χ3n) is 6.29. The fourth-order valence-corrected chi connectivity index (χ4v) is 4.65. The van der Waals surface area contributed by atoms with Crippen LogP contribution in [0.3, 0.4) is 0 Å². The molecule has 9 heteroatoms. The number of benzene rings is 1. The standard InChI is InChI=1S/C24H25F3N4O2/c1-17-19(13-28)7-8-20(29-17)22(32)31-11-9-23(10-12-31)15-30(16-24(25,26)27)14-21(33-23)18-5-3-2-4-6-18/h2-8,21H,9-12,14-16H2,1H3. The van der Waals surface area contributed by atoms with Gasteiger partial charge in [-0.1, -0.05) is 30.3 Å². The number of hydrogen-bond acceptors (Lipinski definition) is 5. The van der Waals surface area contributed by atoms with Gasteiger partial charge in [0.05, 0.1) is 29.5 Å². The van der Waals surface area contributed by atoms with Gasteiger partial charge in [0.2, 0.25) is 0 Å². The molecule has 0 radical (unpaired) electrons. The summed E-state index contributed by atoms with van der Waals surface area (Å²) in [5, 5.41) is 9.06. The van der Waals surface area contributed by atoms with Crippen LogP contribution in [0.15, 0.2) is 42.5 Å². The number of likely N-dealkylation sites (tertiary alicyclic amines) is 1. The highest BCUT2D eigenvalue weighted by atomic mass is 19.4. The van der Waals surface area contributed by atoms with Gasteiger partial charge in [-0.15, -0.1) is 0 Å². The van der Waals surface area contributed by atoms with E-state index in [1.165, 1.54) is 11.0 Å². The highest BCUT2D eigenvalue weighted by molar-refractivity contribution is 5.92. The topological polar surface area (TPSA) is 69.5 Å². The molecule has 0 N–H and O–H groups in total. The van der Waals surface area contributed by atoms with Gasteiger partial charge < -0.3 is 9.64 Å². The van der Waals surface area contributed by atoms with E-state index in [2.05, 4.69) is 4.98 Å². The summed E-state index contributed by atoms with van der Waals surface area (Å²) >= 11 is 0. The quantitative estimate of drug-likeness (QED) is 0.699. The molecule has 1 aromatic carbocycles. The Morgan fingerprint density at radius 2 is 1.91 bits per heavy atom. The van der Waals surface area contributed by atoms with E-state index in [0.29, 0.717) is 37.2 Å². The summed E-state index contributed by atoms with van der Waals surface area (Å²) in [5.74, 6) is -0.250. The molecule has 1 unspecified atom stereocenters. The fraction of sp³-hybridized carbons (Fsp3) is 0.458. The van der Waals surface area contributed by atoms with Gasteiger partial charge >= 0.3 is 6.18 Å². The number of rotatable bonds is 3. The Bertz CT molecular complexity index is 1040. The summed E-state index contributed by atoms with van der Waals surface area (Å²) in [7, 11) is 0. The number of ether oxygens (including phenoxy) is 1. The Morgan fingerprint density at radius 1 is 1.21 bits per heavy atom. The molecule has 4 rings (SSSR count). The minimum absolute atomic E-state index is 0.169. The lowest BCUT2D eigenvalue weighted by Gasteiger charge is -2.50. The maximum Gasteiger partial charge on any atom is 0.401 e. The molecule has 33 heavy (non-hydrogen) atoms. The van der Waals surface area contributed by atoms with Gasteiger partial charge in [0.15, 0.2) is 0 Å². The van der Waals surface area contributed by atoms with Crippen LogP contribution in [-0.4, -0.2) is 65.2 Å². The predicted molar refractivity (Wildman–Crippen MR) is 114 cm³/mol. The minimum Gasteiger partial charge on any atom is -0.364 e. The molecule has 2 aliphatic rings. The average molecular weight is 458 g/mol. The number of nitriles is 1. The van der Waals surface area contributed by atoms with Crippen molar-refractivity contribution in [2.24, 2.45) is 0 Å². The molecule has 2 aliphatic heterocycles. The van der Waals surface area contributed by atoms with Crippen LogP contribution in [0.4, 0.5) is 13.2 Å². The third kappa shape index (κ3) is 5.34. The first-order chi connectivity index (χ1) is 15.7. The molecular formula is C24H25F3N4O2. The highest BCUT2D eigenvalue weighted by Crippen LogP contribution is 2.39. The number of halogens is 3. The lowest BCUT2D eigenvalue weighted by atomic mass is 9.87. The van der Waals surface area contributed by atoms with Crippen molar-refractivity contribution >= 4 is 5.91 Å². The largest absolute Gasteiger partial charge is 0.401 e. The highest BCUT2D eigenvalue weighted by Gasteiger charge is 2.46. The number of morpholine rings is 1. The molecular weight excluding hydrogens is 433 g/mol. The van der Waals surface area contributed by atoms with Gasteiger partial charge in [0.1, 0.15) is 11.8 Å². The van der Waals surface area contributed by atoms with E-state index >= 15 is 0 Å². The SMILES string of the molecule is Cc1nc(C(=O)N2CCC3(CC2)CN(CC(F)(F)F)CC(c2ccccc2)O3)ccc1C#N. The summed E-state index contributed by atoms with van der Waals surface area (Å²) in [4.78, 5) is 20.3. The molecule has 2 aromatic rings. The second-order valence-corrected chi connectivity index (χ2v) is 8.72. The van der Waals surface area contributed by atoms with Gasteiger partial charge in [-0.25, -0.2) is 4.98 Å². The number of hydrogen-bond donors (Lipinski definition) is 0. The second-order valence-electron chi connectivity index (χ2n) is 8.72. The Balaban J connectivity index is 1.49. The van der Waals surface area contributed by atoms with Crippen molar-refractivity contribution in [3.63, 3.8) is 0 Å². The third-order valence-corrected chi connectivity index (χ3v) is 6.29. The number of aromatic nitrogens is 1. The molecule has 3 heterocycles. The van der Waals surface area contributed by atoms with E-state index in [0.717, 1.165) is 5.56 Å². The van der Waals surface area contributed by atoms with Crippen LogP contribution < -0.4 is 0 Å². The van der Waals surface area contributed by atoms with E-state index in [1.807, 2.05) is 36.4 Å². The number of alkyl halides is 3. The van der Waals surface area contributed by atoms with Crippen LogP contribution >= 0.6 is 0 Å². The molecule has 6 nitrogen and oxygen atoms in total. The molecule has 1 atom stereocenters. The molecule has 1 spiro atoms. The molecule has 0 bridgehead atoms. The zero-order chi connectivity index (χ0) is 23.6. The Kier molecular flexibility index (Phi) is 6.41. The smallest absolute Gasteiger partial charge is 0.364 e. The fourth-order valence-electron chi connectivity index (χ4n) is 4.65. The Labute approximate surface area is 190 Å². The monoisotopic (exact) mass is 458 g/mol. The van der Waals surface area contributed by atoms with Crippen molar-refractivity contribution in [3.05, 3.63) is 65.0 Å². The summed E-state index contributed by atoms with van der Waals surface area (Å²) in [6.45, 7) is 1.75.